The molecule has 120 valence electrons. The number of aliphatic hydroxyl groups excluding tert-OH is 1. The third-order valence-corrected chi connectivity index (χ3v) is 3.50. The number of benzene rings is 1. The maximum Gasteiger partial charge on any atom is 0.325 e. The van der Waals surface area contributed by atoms with Gasteiger partial charge < -0.3 is 14.6 Å². The molecule has 0 saturated heterocycles. The normalized spacial score (nSPS) is 11.0. The molecule has 1 rings (SSSR count). The van der Waals surface area contributed by atoms with E-state index in [1.807, 2.05) is 0 Å². The Balaban J connectivity index is 2.97. The first-order valence-corrected chi connectivity index (χ1v) is 7.88. The fraction of sp³-hybridized carbons (Fsp3) is 0.400. The molecular weight excluding hydrogens is 401 g/mol. The molecule has 0 aliphatic heterocycles. The lowest BCUT2D eigenvalue weighted by atomic mass is 10.1. The van der Waals surface area contributed by atoms with Gasteiger partial charge in [0.25, 0.3) is 0 Å². The predicted octanol–water partition coefficient (Wildman–Crippen LogP) is 2.23. The molecule has 0 unspecified atom stereocenters. The van der Waals surface area contributed by atoms with Crippen LogP contribution in [-0.2, 0) is 25.7 Å². The average molecular weight is 419 g/mol. The van der Waals surface area contributed by atoms with Crippen LogP contribution >= 0.6 is 22.6 Å². The zero-order valence-electron chi connectivity index (χ0n) is 12.4. The van der Waals surface area contributed by atoms with Gasteiger partial charge in [-0.05, 0) is 54.1 Å². The van der Waals surface area contributed by atoms with Crippen molar-refractivity contribution in [3.63, 3.8) is 0 Å². The van der Waals surface area contributed by atoms with Crippen molar-refractivity contribution in [3.05, 3.63) is 27.3 Å². The van der Waals surface area contributed by atoms with Gasteiger partial charge in [-0.15, -0.1) is 0 Å². The summed E-state index contributed by atoms with van der Waals surface area (Å²) in [6, 6.07) is 5.20. The van der Waals surface area contributed by atoms with Crippen molar-refractivity contribution >= 4 is 46.4 Å². The number of hydrogen-bond acceptors (Lipinski definition) is 6. The van der Waals surface area contributed by atoms with Crippen LogP contribution in [0.3, 0.4) is 0 Å². The maximum atomic E-state index is 11.8. The highest BCUT2D eigenvalue weighted by Crippen LogP contribution is 2.22. The summed E-state index contributed by atoms with van der Waals surface area (Å²) in [6.07, 6.45) is 1.23. The first-order valence-electron chi connectivity index (χ1n) is 6.80. The first-order chi connectivity index (χ1) is 10.5. The summed E-state index contributed by atoms with van der Waals surface area (Å²) in [6.45, 7) is 3.60. The highest BCUT2D eigenvalue weighted by molar-refractivity contribution is 14.1. The highest BCUT2D eigenvalue weighted by atomic mass is 127. The Morgan fingerprint density at radius 3 is 2.32 bits per heavy atom. The fourth-order valence-electron chi connectivity index (χ4n) is 1.59. The summed E-state index contributed by atoms with van der Waals surface area (Å²) in [4.78, 5) is 27.8. The summed E-state index contributed by atoms with van der Waals surface area (Å²) >= 11 is 2.07. The molecule has 0 bridgehead atoms. The molecule has 0 fully saturated rings. The summed E-state index contributed by atoms with van der Waals surface area (Å²) in [5.74, 6) is -2.56. The lowest BCUT2D eigenvalue weighted by Gasteiger charge is -2.10. The van der Waals surface area contributed by atoms with Gasteiger partial charge in [0.2, 0.25) is 0 Å². The minimum absolute atomic E-state index is 0.0612. The number of rotatable bonds is 7. The lowest BCUT2D eigenvalue weighted by Crippen LogP contribution is -2.29. The maximum absolute atomic E-state index is 11.8. The van der Waals surface area contributed by atoms with E-state index in [9.17, 15) is 9.59 Å². The topological polar surface area (TPSA) is 85.2 Å². The molecule has 1 aromatic carbocycles. The summed E-state index contributed by atoms with van der Waals surface area (Å²) in [5.41, 5.74) is 1.35. The minimum atomic E-state index is -1.19. The zero-order chi connectivity index (χ0) is 16.5. The predicted molar refractivity (Wildman–Crippen MR) is 90.0 cm³/mol. The van der Waals surface area contributed by atoms with Crippen molar-refractivity contribution in [2.24, 2.45) is 10.9 Å². The monoisotopic (exact) mass is 419 g/mol. The van der Waals surface area contributed by atoms with E-state index in [-0.39, 0.29) is 19.8 Å². The smallest absolute Gasteiger partial charge is 0.325 e. The SMILES string of the molecule is CCOC(=O)C(C=Nc1ccc(CO)cc1I)C(=O)OCC. The number of halogens is 1. The van der Waals surface area contributed by atoms with Gasteiger partial charge in [-0.2, -0.15) is 0 Å². The van der Waals surface area contributed by atoms with Crippen LogP contribution < -0.4 is 0 Å². The van der Waals surface area contributed by atoms with Crippen molar-refractivity contribution in [2.45, 2.75) is 20.5 Å². The number of carbonyl (C=O) groups is 2. The van der Waals surface area contributed by atoms with Crippen LogP contribution in [0.15, 0.2) is 23.2 Å². The Labute approximate surface area is 142 Å². The zero-order valence-corrected chi connectivity index (χ0v) is 14.6. The quantitative estimate of drug-likeness (QED) is 0.317. The van der Waals surface area contributed by atoms with E-state index in [0.29, 0.717) is 5.69 Å². The van der Waals surface area contributed by atoms with Crippen molar-refractivity contribution in [1.29, 1.82) is 0 Å². The van der Waals surface area contributed by atoms with E-state index in [1.54, 1.807) is 32.0 Å². The molecule has 1 N–H and O–H groups in total. The van der Waals surface area contributed by atoms with Gasteiger partial charge in [0.05, 0.1) is 25.5 Å². The van der Waals surface area contributed by atoms with E-state index in [2.05, 4.69) is 27.6 Å². The number of hydrogen-bond donors (Lipinski definition) is 1. The molecule has 0 aromatic heterocycles. The largest absolute Gasteiger partial charge is 0.465 e. The van der Waals surface area contributed by atoms with Crippen LogP contribution in [0.4, 0.5) is 5.69 Å². The molecule has 0 aliphatic carbocycles. The first kappa shape index (κ1) is 18.6. The number of aliphatic hydroxyl groups is 1. The van der Waals surface area contributed by atoms with Gasteiger partial charge in [-0.3, -0.25) is 14.6 Å². The standard InChI is InChI=1S/C15H18INO5/c1-3-21-14(19)11(15(20)22-4-2)8-17-13-6-5-10(9-18)7-12(13)16/h5-8,11,18H,3-4,9H2,1-2H3. The van der Waals surface area contributed by atoms with E-state index >= 15 is 0 Å². The van der Waals surface area contributed by atoms with Gasteiger partial charge in [-0.1, -0.05) is 6.07 Å². The molecule has 0 atom stereocenters. The van der Waals surface area contributed by atoms with E-state index in [4.69, 9.17) is 14.6 Å². The minimum Gasteiger partial charge on any atom is -0.465 e. The molecule has 6 nitrogen and oxygen atoms in total. The van der Waals surface area contributed by atoms with Crippen LogP contribution in [0.2, 0.25) is 0 Å². The van der Waals surface area contributed by atoms with Gasteiger partial charge in [0, 0.05) is 9.78 Å². The van der Waals surface area contributed by atoms with Crippen LogP contribution in [0.1, 0.15) is 19.4 Å². The number of ether oxygens (including phenoxy) is 2. The van der Waals surface area contributed by atoms with Crippen molar-refractivity contribution in [2.75, 3.05) is 13.2 Å². The summed E-state index contributed by atoms with van der Waals surface area (Å²) in [7, 11) is 0. The highest BCUT2D eigenvalue weighted by Gasteiger charge is 2.27. The van der Waals surface area contributed by atoms with Crippen LogP contribution in [0.5, 0.6) is 0 Å². The van der Waals surface area contributed by atoms with E-state index < -0.39 is 17.9 Å². The second-order valence-electron chi connectivity index (χ2n) is 4.20. The third-order valence-electron chi connectivity index (χ3n) is 2.64. The van der Waals surface area contributed by atoms with E-state index in [1.165, 1.54) is 6.21 Å². The van der Waals surface area contributed by atoms with Crippen LogP contribution in [-0.4, -0.2) is 36.5 Å². The molecule has 22 heavy (non-hydrogen) atoms. The molecule has 0 amide bonds. The second kappa shape index (κ2) is 9.52. The molecule has 1 aromatic rings. The van der Waals surface area contributed by atoms with Gasteiger partial charge in [-0.25, -0.2) is 0 Å². The van der Waals surface area contributed by atoms with Gasteiger partial charge in [0.15, 0.2) is 5.92 Å². The second-order valence-corrected chi connectivity index (χ2v) is 5.37. The van der Waals surface area contributed by atoms with E-state index in [0.717, 1.165) is 9.13 Å². The number of carbonyl (C=O) groups excluding carboxylic acids is 2. The average Bonchev–Trinajstić information content (AvgIpc) is 2.49. The van der Waals surface area contributed by atoms with Crippen LogP contribution in [0, 0.1) is 9.49 Å². The number of nitrogens with zero attached hydrogens (tertiary/aromatic N) is 1. The summed E-state index contributed by atoms with van der Waals surface area (Å²) < 4.78 is 10.5. The van der Waals surface area contributed by atoms with Crippen LogP contribution in [0.25, 0.3) is 0 Å². The van der Waals surface area contributed by atoms with Crippen molar-refractivity contribution < 1.29 is 24.2 Å². The summed E-state index contributed by atoms with van der Waals surface area (Å²) in [5, 5.41) is 9.07. The fourth-order valence-corrected chi connectivity index (χ4v) is 2.31. The van der Waals surface area contributed by atoms with Crippen molar-refractivity contribution in [3.8, 4) is 0 Å². The molecule has 0 aliphatic rings. The number of esters is 2. The van der Waals surface area contributed by atoms with Gasteiger partial charge >= 0.3 is 11.9 Å². The molecule has 0 radical (unpaired) electrons. The number of aliphatic imine (C=N–C) groups is 1. The Kier molecular flexibility index (Phi) is 8.03. The molecular formula is C15H18INO5. The molecule has 0 heterocycles. The Hall–Kier alpha value is -1.48. The molecule has 7 heteroatoms. The molecule has 0 saturated carbocycles. The third kappa shape index (κ3) is 5.38. The lowest BCUT2D eigenvalue weighted by molar-refractivity contribution is -0.157. The van der Waals surface area contributed by atoms with Gasteiger partial charge in [0.1, 0.15) is 0 Å². The molecule has 0 spiro atoms. The Morgan fingerprint density at radius 1 is 1.27 bits per heavy atom. The Bertz CT molecular complexity index is 541. The van der Waals surface area contributed by atoms with Crippen molar-refractivity contribution in [1.82, 2.24) is 0 Å². The Morgan fingerprint density at radius 2 is 1.86 bits per heavy atom.